The molecule has 51 heavy (non-hydrogen) atoms. The van der Waals surface area contributed by atoms with Gasteiger partial charge in [0.05, 0.1) is 0 Å². The summed E-state index contributed by atoms with van der Waals surface area (Å²) in [7, 11) is 2.19. The Morgan fingerprint density at radius 3 is 1.20 bits per heavy atom. The highest BCUT2D eigenvalue weighted by Gasteiger charge is 2.10. The lowest BCUT2D eigenvalue weighted by Gasteiger charge is -2.24. The summed E-state index contributed by atoms with van der Waals surface area (Å²) < 4.78 is 0. The largest absolute Gasteiger partial charge is 0.317 e. The summed E-state index contributed by atoms with van der Waals surface area (Å²) in [6, 6.07) is 1.62. The van der Waals surface area contributed by atoms with Crippen molar-refractivity contribution in [2.45, 2.75) is 182 Å². The highest BCUT2D eigenvalue weighted by molar-refractivity contribution is 4.70. The van der Waals surface area contributed by atoms with Crippen LogP contribution in [-0.2, 0) is 0 Å². The summed E-state index contributed by atoms with van der Waals surface area (Å²) in [6.45, 7) is 27.9. The van der Waals surface area contributed by atoms with Crippen molar-refractivity contribution in [3.63, 3.8) is 0 Å². The first-order valence-electron chi connectivity index (χ1n) is 23.0. The third kappa shape index (κ3) is 31.7. The van der Waals surface area contributed by atoms with Crippen LogP contribution in [0.2, 0.25) is 0 Å². The number of rotatable bonds is 3. The van der Waals surface area contributed by atoms with Crippen LogP contribution in [0.4, 0.5) is 0 Å². The van der Waals surface area contributed by atoms with Crippen LogP contribution in [-0.4, -0.2) is 114 Å². The van der Waals surface area contributed by atoms with Gasteiger partial charge >= 0.3 is 0 Å². The van der Waals surface area contributed by atoms with Gasteiger partial charge in [-0.1, -0.05) is 66.2 Å². The lowest BCUT2D eigenvalue weighted by atomic mass is 9.96. The number of likely N-dealkylation sites (tertiary alicyclic amines) is 2. The molecule has 306 valence electrons. The predicted octanol–water partition coefficient (Wildman–Crippen LogP) is 8.44. The van der Waals surface area contributed by atoms with Crippen molar-refractivity contribution in [2.75, 3.05) is 92.1 Å². The van der Waals surface area contributed by atoms with Gasteiger partial charge in [-0.2, -0.15) is 0 Å². The van der Waals surface area contributed by atoms with E-state index in [1.54, 1.807) is 0 Å². The van der Waals surface area contributed by atoms with Crippen molar-refractivity contribution in [2.24, 2.45) is 11.8 Å². The molecule has 2 atom stereocenters. The van der Waals surface area contributed by atoms with Gasteiger partial charge in [0.1, 0.15) is 0 Å². The fourth-order valence-corrected chi connectivity index (χ4v) is 7.68. The maximum Gasteiger partial charge on any atom is 0.00644 e. The summed E-state index contributed by atoms with van der Waals surface area (Å²) in [5.41, 5.74) is 0. The van der Waals surface area contributed by atoms with Crippen molar-refractivity contribution >= 4 is 0 Å². The SMILES string of the molecule is C1CCNCC1.CC1CCCCN1.CC1CCNCC1.CCC1CCCCN1.CCC1CCNCC1.CCN1CCCCC1.CN1CCCCC1. The molecule has 7 heterocycles. The van der Waals surface area contributed by atoms with Crippen LogP contribution in [0, 0.1) is 11.8 Å². The van der Waals surface area contributed by atoms with Gasteiger partial charge in [0.15, 0.2) is 0 Å². The molecule has 2 unspecified atom stereocenters. The molecule has 0 radical (unpaired) electrons. The summed E-state index contributed by atoms with van der Waals surface area (Å²) in [4.78, 5) is 4.91. The van der Waals surface area contributed by atoms with E-state index in [4.69, 9.17) is 0 Å². The molecular weight excluding hydrogens is 627 g/mol. The minimum Gasteiger partial charge on any atom is -0.317 e. The molecule has 0 aromatic carbocycles. The second-order valence-corrected chi connectivity index (χ2v) is 16.6. The van der Waals surface area contributed by atoms with Gasteiger partial charge in [-0.3, -0.25) is 0 Å². The molecule has 7 heteroatoms. The van der Waals surface area contributed by atoms with Crippen molar-refractivity contribution in [3.8, 4) is 0 Å². The van der Waals surface area contributed by atoms with E-state index in [0.717, 1.165) is 23.9 Å². The first-order chi connectivity index (χ1) is 25.0. The monoisotopic (exact) mass is 722 g/mol. The Bertz CT molecular complexity index is 562. The Kier molecular flexibility index (Phi) is 35.1. The molecule has 7 saturated heterocycles. The van der Waals surface area contributed by atoms with Gasteiger partial charge < -0.3 is 36.4 Å². The number of hydrogen-bond donors (Lipinski definition) is 5. The van der Waals surface area contributed by atoms with Gasteiger partial charge in [0.25, 0.3) is 0 Å². The molecule has 0 amide bonds. The molecule has 7 aliphatic rings. The lowest BCUT2D eigenvalue weighted by molar-refractivity contribution is 0.240. The smallest absolute Gasteiger partial charge is 0.00644 e. The van der Waals surface area contributed by atoms with Crippen LogP contribution in [0.3, 0.4) is 0 Å². The van der Waals surface area contributed by atoms with Gasteiger partial charge in [-0.05, 0) is 207 Å². The number of nitrogens with one attached hydrogen (secondary N) is 5. The zero-order chi connectivity index (χ0) is 37.0. The van der Waals surface area contributed by atoms with Crippen molar-refractivity contribution in [1.29, 1.82) is 0 Å². The molecule has 0 saturated carbocycles. The molecule has 7 rings (SSSR count). The Labute approximate surface area is 321 Å². The molecule has 7 fully saturated rings. The average Bonchev–Trinajstić information content (AvgIpc) is 3.22. The Hall–Kier alpha value is -0.280. The molecule has 0 aromatic rings. The van der Waals surface area contributed by atoms with Gasteiger partial charge in [0.2, 0.25) is 0 Å². The third-order valence-electron chi connectivity index (χ3n) is 11.8. The molecule has 0 bridgehead atoms. The van der Waals surface area contributed by atoms with Gasteiger partial charge in [0, 0.05) is 12.1 Å². The number of hydrogen-bond acceptors (Lipinski definition) is 7. The summed E-state index contributed by atoms with van der Waals surface area (Å²) in [5, 5.41) is 16.8. The highest BCUT2D eigenvalue weighted by Crippen LogP contribution is 2.14. The van der Waals surface area contributed by atoms with Crippen LogP contribution >= 0.6 is 0 Å². The van der Waals surface area contributed by atoms with Crippen molar-refractivity contribution in [3.05, 3.63) is 0 Å². The molecule has 7 aliphatic heterocycles. The molecule has 7 nitrogen and oxygen atoms in total. The van der Waals surface area contributed by atoms with E-state index in [9.17, 15) is 0 Å². The minimum absolute atomic E-state index is 0.786. The third-order valence-corrected chi connectivity index (χ3v) is 11.8. The molecular formula is C44H95N7. The first kappa shape index (κ1) is 48.7. The summed E-state index contributed by atoms with van der Waals surface area (Å²) in [6.07, 6.45) is 29.4. The van der Waals surface area contributed by atoms with E-state index in [1.807, 2.05) is 0 Å². The van der Waals surface area contributed by atoms with E-state index in [1.165, 1.54) is 220 Å². The molecule has 0 aliphatic carbocycles. The quantitative estimate of drug-likeness (QED) is 0.201. The first-order valence-corrected chi connectivity index (χ1v) is 23.0. The Morgan fingerprint density at radius 2 is 0.941 bits per heavy atom. The number of nitrogens with zero attached hydrogens (tertiary/aromatic N) is 2. The minimum atomic E-state index is 0.786. The van der Waals surface area contributed by atoms with Crippen LogP contribution in [0.1, 0.15) is 169 Å². The predicted molar refractivity (Wildman–Crippen MR) is 228 cm³/mol. The van der Waals surface area contributed by atoms with Crippen LogP contribution in [0.15, 0.2) is 0 Å². The van der Waals surface area contributed by atoms with Gasteiger partial charge in [-0.15, -0.1) is 0 Å². The second kappa shape index (κ2) is 36.7. The maximum atomic E-state index is 3.47. The van der Waals surface area contributed by atoms with E-state index >= 15 is 0 Å². The molecule has 0 spiro atoms. The molecule has 0 aromatic heterocycles. The standard InChI is InChI=1S/3C7H15N.3C6H13N.C5H11N/c1-2-7-3-5-8-6-4-7;1-2-8-6-4-3-5-7-8;1-2-7-5-3-4-6-8-7;1-6-2-4-7-5-3-6;1-7-5-3-2-4-6-7;1-6-4-2-3-5-7-6;1-2-4-6-5-3-1/h7-8H,2-6H2,1H3;2-7H2,1H3;7-8H,2-6H2,1H3;6-7H,2-5H2,1H3;2-6H2,1H3;6-7H,2-5H2,1H3;6H,1-5H2. The average molecular weight is 722 g/mol. The zero-order valence-electron chi connectivity index (χ0n) is 35.7. The highest BCUT2D eigenvalue weighted by atomic mass is 15.1. The van der Waals surface area contributed by atoms with Gasteiger partial charge in [-0.25, -0.2) is 0 Å². The maximum absolute atomic E-state index is 3.47. The zero-order valence-corrected chi connectivity index (χ0v) is 35.7. The molecule has 5 N–H and O–H groups in total. The van der Waals surface area contributed by atoms with E-state index in [2.05, 4.69) is 78.1 Å². The Morgan fingerprint density at radius 1 is 0.451 bits per heavy atom. The number of piperidine rings is 7. The second-order valence-electron chi connectivity index (χ2n) is 16.6. The fourth-order valence-electron chi connectivity index (χ4n) is 7.68. The van der Waals surface area contributed by atoms with E-state index < -0.39 is 0 Å². The topological polar surface area (TPSA) is 66.6 Å². The van der Waals surface area contributed by atoms with E-state index in [-0.39, 0.29) is 0 Å². The fraction of sp³-hybridized carbons (Fsp3) is 1.00. The lowest BCUT2D eigenvalue weighted by Crippen LogP contribution is -2.32. The van der Waals surface area contributed by atoms with Crippen LogP contribution in [0.5, 0.6) is 0 Å². The Balaban J connectivity index is 0.000000298. The normalized spacial score (nSPS) is 26.5. The van der Waals surface area contributed by atoms with E-state index in [0.29, 0.717) is 0 Å². The van der Waals surface area contributed by atoms with Crippen molar-refractivity contribution in [1.82, 2.24) is 36.4 Å². The van der Waals surface area contributed by atoms with Crippen molar-refractivity contribution < 1.29 is 0 Å². The summed E-state index contributed by atoms with van der Waals surface area (Å²) in [5.74, 6) is 2.00. The van der Waals surface area contributed by atoms with Crippen LogP contribution in [0.25, 0.3) is 0 Å². The summed E-state index contributed by atoms with van der Waals surface area (Å²) >= 11 is 0. The van der Waals surface area contributed by atoms with Crippen LogP contribution < -0.4 is 26.6 Å².